The maximum Gasteiger partial charge on any atom is 0.0337 e. The molecular formula is C11H15N. The molecule has 1 fully saturated rings. The van der Waals surface area contributed by atoms with Crippen molar-refractivity contribution in [3.63, 3.8) is 0 Å². The van der Waals surface area contributed by atoms with E-state index in [9.17, 15) is 0 Å². The number of aryl methyl sites for hydroxylation is 2. The fraction of sp³-hybridized carbons (Fsp3) is 0.455. The number of rotatable bonds is 1. The summed E-state index contributed by atoms with van der Waals surface area (Å²) in [5.41, 5.74) is 4.36. The van der Waals surface area contributed by atoms with Crippen LogP contribution in [0.5, 0.6) is 0 Å². The minimum absolute atomic E-state index is 0.631. The predicted octanol–water partition coefficient (Wildman–Crippen LogP) is 2.34. The largest absolute Gasteiger partial charge is 0.310 e. The van der Waals surface area contributed by atoms with Crippen LogP contribution in [-0.2, 0) is 0 Å². The molecule has 12 heavy (non-hydrogen) atoms. The molecule has 64 valence electrons. The van der Waals surface area contributed by atoms with E-state index in [0.717, 1.165) is 0 Å². The molecule has 1 atom stereocenters. The molecule has 1 aliphatic heterocycles. The van der Waals surface area contributed by atoms with Gasteiger partial charge < -0.3 is 5.32 Å². The van der Waals surface area contributed by atoms with E-state index in [1.807, 2.05) is 0 Å². The Morgan fingerprint density at radius 2 is 1.83 bits per heavy atom. The molecule has 1 aromatic rings. The molecule has 0 spiro atoms. The molecule has 0 aromatic heterocycles. The third-order valence-electron chi connectivity index (χ3n) is 2.71. The van der Waals surface area contributed by atoms with Crippen LogP contribution in [0.25, 0.3) is 0 Å². The molecule has 1 saturated heterocycles. The lowest BCUT2D eigenvalue weighted by Gasteiger charge is -2.30. The van der Waals surface area contributed by atoms with Gasteiger partial charge in [0.1, 0.15) is 0 Å². The summed E-state index contributed by atoms with van der Waals surface area (Å²) < 4.78 is 0. The molecule has 0 radical (unpaired) electrons. The van der Waals surface area contributed by atoms with Gasteiger partial charge in [-0.15, -0.1) is 0 Å². The topological polar surface area (TPSA) is 12.0 Å². The fourth-order valence-corrected chi connectivity index (χ4v) is 1.91. The normalized spacial score (nSPS) is 22.0. The van der Waals surface area contributed by atoms with Crippen molar-refractivity contribution < 1.29 is 0 Å². The number of hydrogen-bond acceptors (Lipinski definition) is 1. The summed E-state index contributed by atoms with van der Waals surface area (Å²) in [5, 5.41) is 3.44. The Morgan fingerprint density at radius 1 is 1.25 bits per heavy atom. The van der Waals surface area contributed by atoms with E-state index in [1.54, 1.807) is 0 Å². The first-order chi connectivity index (χ1) is 5.79. The number of nitrogens with one attached hydrogen (secondary N) is 1. The molecule has 2 rings (SSSR count). The van der Waals surface area contributed by atoms with E-state index in [2.05, 4.69) is 37.4 Å². The Kier molecular flexibility index (Phi) is 1.89. The summed E-state index contributed by atoms with van der Waals surface area (Å²) in [6.45, 7) is 5.57. The van der Waals surface area contributed by atoms with Crippen molar-refractivity contribution in [1.29, 1.82) is 0 Å². The highest BCUT2D eigenvalue weighted by atomic mass is 15.0. The van der Waals surface area contributed by atoms with Gasteiger partial charge in [0.25, 0.3) is 0 Å². The lowest BCUT2D eigenvalue weighted by atomic mass is 9.90. The summed E-state index contributed by atoms with van der Waals surface area (Å²) >= 11 is 0. The predicted molar refractivity (Wildman–Crippen MR) is 51.3 cm³/mol. The molecular weight excluding hydrogens is 146 g/mol. The van der Waals surface area contributed by atoms with Crippen LogP contribution in [-0.4, -0.2) is 6.54 Å². The van der Waals surface area contributed by atoms with Gasteiger partial charge in [-0.1, -0.05) is 18.2 Å². The summed E-state index contributed by atoms with van der Waals surface area (Å²) in [7, 11) is 0. The van der Waals surface area contributed by atoms with Crippen molar-refractivity contribution in [3.05, 3.63) is 34.9 Å². The van der Waals surface area contributed by atoms with E-state index in [0.29, 0.717) is 6.04 Å². The highest BCUT2D eigenvalue weighted by molar-refractivity contribution is 5.37. The minimum atomic E-state index is 0.631. The standard InChI is InChI=1S/C11H15N/c1-8-4-3-5-9(2)11(8)10-6-7-12-10/h3-5,10,12H,6-7H2,1-2H3/t10-/m0/s1. The van der Waals surface area contributed by atoms with E-state index in [1.165, 1.54) is 29.7 Å². The summed E-state index contributed by atoms with van der Waals surface area (Å²) in [5.74, 6) is 0. The second-order valence-corrected chi connectivity index (χ2v) is 3.60. The van der Waals surface area contributed by atoms with Gasteiger partial charge in [-0.25, -0.2) is 0 Å². The molecule has 1 aromatic carbocycles. The maximum atomic E-state index is 3.44. The SMILES string of the molecule is Cc1cccc(C)c1[C@@H]1CCN1. The summed E-state index contributed by atoms with van der Waals surface area (Å²) in [6.07, 6.45) is 1.30. The van der Waals surface area contributed by atoms with Crippen LogP contribution in [0.1, 0.15) is 29.2 Å². The zero-order valence-electron chi connectivity index (χ0n) is 7.72. The second-order valence-electron chi connectivity index (χ2n) is 3.60. The number of benzene rings is 1. The Morgan fingerprint density at radius 3 is 2.25 bits per heavy atom. The Labute approximate surface area is 73.8 Å². The monoisotopic (exact) mass is 161 g/mol. The smallest absolute Gasteiger partial charge is 0.0337 e. The van der Waals surface area contributed by atoms with Crippen LogP contribution in [0.15, 0.2) is 18.2 Å². The first-order valence-corrected chi connectivity index (χ1v) is 4.58. The highest BCUT2D eigenvalue weighted by Crippen LogP contribution is 2.28. The highest BCUT2D eigenvalue weighted by Gasteiger charge is 2.21. The Bertz CT molecular complexity index is 267. The van der Waals surface area contributed by atoms with Crippen LogP contribution in [0.4, 0.5) is 0 Å². The van der Waals surface area contributed by atoms with Gasteiger partial charge in [0, 0.05) is 6.04 Å². The van der Waals surface area contributed by atoms with E-state index in [4.69, 9.17) is 0 Å². The zero-order valence-corrected chi connectivity index (χ0v) is 7.72. The fourth-order valence-electron chi connectivity index (χ4n) is 1.91. The van der Waals surface area contributed by atoms with Crippen molar-refractivity contribution in [3.8, 4) is 0 Å². The molecule has 1 aliphatic rings. The third kappa shape index (κ3) is 1.14. The molecule has 0 saturated carbocycles. The molecule has 1 heterocycles. The van der Waals surface area contributed by atoms with Crippen molar-refractivity contribution >= 4 is 0 Å². The first-order valence-electron chi connectivity index (χ1n) is 4.58. The second kappa shape index (κ2) is 2.91. The molecule has 0 bridgehead atoms. The summed E-state index contributed by atoms with van der Waals surface area (Å²) in [4.78, 5) is 0. The molecule has 0 amide bonds. The van der Waals surface area contributed by atoms with Crippen molar-refractivity contribution in [2.24, 2.45) is 0 Å². The van der Waals surface area contributed by atoms with Gasteiger partial charge in [-0.3, -0.25) is 0 Å². The van der Waals surface area contributed by atoms with Crippen LogP contribution < -0.4 is 5.32 Å². The van der Waals surface area contributed by atoms with E-state index < -0.39 is 0 Å². The van der Waals surface area contributed by atoms with Crippen LogP contribution in [0, 0.1) is 13.8 Å². The molecule has 1 nitrogen and oxygen atoms in total. The lowest BCUT2D eigenvalue weighted by molar-refractivity contribution is 0.380. The minimum Gasteiger partial charge on any atom is -0.310 e. The van der Waals surface area contributed by atoms with Crippen molar-refractivity contribution in [1.82, 2.24) is 5.32 Å². The van der Waals surface area contributed by atoms with Crippen LogP contribution in [0.3, 0.4) is 0 Å². The molecule has 1 heteroatoms. The van der Waals surface area contributed by atoms with Crippen molar-refractivity contribution in [2.45, 2.75) is 26.3 Å². The summed E-state index contributed by atoms with van der Waals surface area (Å²) in [6, 6.07) is 7.16. The molecule has 0 unspecified atom stereocenters. The molecule has 1 N–H and O–H groups in total. The first kappa shape index (κ1) is 7.81. The van der Waals surface area contributed by atoms with Gasteiger partial charge in [0.15, 0.2) is 0 Å². The molecule has 0 aliphatic carbocycles. The van der Waals surface area contributed by atoms with Gasteiger partial charge in [0.2, 0.25) is 0 Å². The van der Waals surface area contributed by atoms with Crippen LogP contribution >= 0.6 is 0 Å². The zero-order chi connectivity index (χ0) is 8.55. The van der Waals surface area contributed by atoms with Gasteiger partial charge in [-0.05, 0) is 43.5 Å². The average Bonchev–Trinajstić information content (AvgIpc) is 1.93. The van der Waals surface area contributed by atoms with Gasteiger partial charge in [-0.2, -0.15) is 0 Å². The average molecular weight is 161 g/mol. The maximum absolute atomic E-state index is 3.44. The van der Waals surface area contributed by atoms with Gasteiger partial charge >= 0.3 is 0 Å². The van der Waals surface area contributed by atoms with Crippen LogP contribution in [0.2, 0.25) is 0 Å². The van der Waals surface area contributed by atoms with E-state index in [-0.39, 0.29) is 0 Å². The van der Waals surface area contributed by atoms with E-state index >= 15 is 0 Å². The Hall–Kier alpha value is -0.820. The number of hydrogen-bond donors (Lipinski definition) is 1. The lowest BCUT2D eigenvalue weighted by Crippen LogP contribution is -2.35. The van der Waals surface area contributed by atoms with Crippen molar-refractivity contribution in [2.75, 3.05) is 6.54 Å². The Balaban J connectivity index is 2.39. The quantitative estimate of drug-likeness (QED) is 0.666. The van der Waals surface area contributed by atoms with Gasteiger partial charge in [0.05, 0.1) is 0 Å². The third-order valence-corrected chi connectivity index (χ3v) is 2.71.